The van der Waals surface area contributed by atoms with Gasteiger partial charge in [-0.15, -0.1) is 0 Å². The van der Waals surface area contributed by atoms with Gasteiger partial charge in [0.1, 0.15) is 0 Å². The second-order valence-electron chi connectivity index (χ2n) is 6.37. The van der Waals surface area contributed by atoms with Gasteiger partial charge in [0.05, 0.1) is 0 Å². The number of nitrogens with one attached hydrogen (secondary N) is 1. The number of nitrogens with zero attached hydrogens (tertiary/aromatic N) is 1. The van der Waals surface area contributed by atoms with Gasteiger partial charge in [-0.1, -0.05) is 33.6 Å². The molecule has 2 atom stereocenters. The predicted molar refractivity (Wildman–Crippen MR) is 74.2 cm³/mol. The molecule has 2 unspecified atom stereocenters. The van der Waals surface area contributed by atoms with Gasteiger partial charge in [0, 0.05) is 25.2 Å². The Balaban J connectivity index is 1.84. The summed E-state index contributed by atoms with van der Waals surface area (Å²) >= 11 is 0. The van der Waals surface area contributed by atoms with Crippen LogP contribution in [0.3, 0.4) is 0 Å². The topological polar surface area (TPSA) is 15.3 Å². The summed E-state index contributed by atoms with van der Waals surface area (Å²) in [6.45, 7) is 10.9. The molecule has 2 aliphatic rings. The molecule has 1 aliphatic carbocycles. The molecule has 0 aromatic carbocycles. The van der Waals surface area contributed by atoms with Crippen LogP contribution in [0.2, 0.25) is 0 Å². The monoisotopic (exact) mass is 238 g/mol. The van der Waals surface area contributed by atoms with E-state index in [1.54, 1.807) is 0 Å². The quantitative estimate of drug-likeness (QED) is 0.716. The molecule has 1 aliphatic heterocycles. The molecule has 17 heavy (non-hydrogen) atoms. The Bertz CT molecular complexity index is 223. The third-order valence-corrected chi connectivity index (χ3v) is 4.50. The van der Waals surface area contributed by atoms with Gasteiger partial charge in [-0.3, -0.25) is 4.90 Å². The summed E-state index contributed by atoms with van der Waals surface area (Å²) < 4.78 is 0. The number of hydrogen-bond donors (Lipinski definition) is 1. The van der Waals surface area contributed by atoms with Gasteiger partial charge in [0.2, 0.25) is 0 Å². The minimum Gasteiger partial charge on any atom is -0.311 e. The highest BCUT2D eigenvalue weighted by Gasteiger charge is 2.37. The van der Waals surface area contributed by atoms with Crippen molar-refractivity contribution < 1.29 is 0 Å². The maximum Gasteiger partial charge on any atom is 0.0244 e. The highest BCUT2D eigenvalue weighted by atomic mass is 15.2. The molecule has 2 rings (SSSR count). The average Bonchev–Trinajstić information content (AvgIpc) is 3.13. The van der Waals surface area contributed by atoms with E-state index in [-0.39, 0.29) is 0 Å². The third-order valence-electron chi connectivity index (χ3n) is 4.50. The van der Waals surface area contributed by atoms with Crippen LogP contribution in [-0.4, -0.2) is 36.6 Å². The highest BCUT2D eigenvalue weighted by molar-refractivity contribution is 4.95. The summed E-state index contributed by atoms with van der Waals surface area (Å²) in [4.78, 5) is 2.78. The van der Waals surface area contributed by atoms with E-state index in [1.165, 1.54) is 51.7 Å². The van der Waals surface area contributed by atoms with Crippen LogP contribution in [0.25, 0.3) is 0 Å². The first-order chi connectivity index (χ1) is 8.22. The molecule has 1 saturated heterocycles. The molecule has 1 heterocycles. The van der Waals surface area contributed by atoms with Crippen LogP contribution in [0, 0.1) is 11.8 Å². The van der Waals surface area contributed by atoms with Gasteiger partial charge in [0.15, 0.2) is 0 Å². The second kappa shape index (κ2) is 6.19. The van der Waals surface area contributed by atoms with Crippen molar-refractivity contribution in [3.05, 3.63) is 0 Å². The van der Waals surface area contributed by atoms with Crippen LogP contribution >= 0.6 is 0 Å². The molecule has 0 amide bonds. The fourth-order valence-electron chi connectivity index (χ4n) is 3.15. The molecule has 2 heteroatoms. The predicted octanol–water partition coefficient (Wildman–Crippen LogP) is 2.89. The Hall–Kier alpha value is -0.0800. The van der Waals surface area contributed by atoms with Crippen molar-refractivity contribution in [2.24, 2.45) is 11.8 Å². The van der Waals surface area contributed by atoms with Gasteiger partial charge in [-0.2, -0.15) is 0 Å². The Morgan fingerprint density at radius 2 is 2.00 bits per heavy atom. The zero-order chi connectivity index (χ0) is 12.3. The number of piperazine rings is 1. The molecular weight excluding hydrogens is 208 g/mol. The van der Waals surface area contributed by atoms with E-state index in [9.17, 15) is 0 Å². The maximum atomic E-state index is 3.79. The fourth-order valence-corrected chi connectivity index (χ4v) is 3.15. The smallest absolute Gasteiger partial charge is 0.0244 e. The van der Waals surface area contributed by atoms with Crippen molar-refractivity contribution in [3.63, 3.8) is 0 Å². The van der Waals surface area contributed by atoms with Crippen LogP contribution < -0.4 is 5.32 Å². The molecule has 2 nitrogen and oxygen atoms in total. The zero-order valence-corrected chi connectivity index (χ0v) is 11.9. The Morgan fingerprint density at radius 3 is 2.59 bits per heavy atom. The standard InChI is InChI=1S/C15H30N2/c1-4-5-6-9-17-11-14(13-7-8-13)16-10-15(17)12(2)3/h12-16H,4-11H2,1-3H3. The van der Waals surface area contributed by atoms with Crippen LogP contribution in [-0.2, 0) is 0 Å². The lowest BCUT2D eigenvalue weighted by Gasteiger charge is -2.42. The van der Waals surface area contributed by atoms with Crippen molar-refractivity contribution in [3.8, 4) is 0 Å². The van der Waals surface area contributed by atoms with Crippen LogP contribution in [0.5, 0.6) is 0 Å². The van der Waals surface area contributed by atoms with E-state index < -0.39 is 0 Å². The first-order valence-corrected chi connectivity index (χ1v) is 7.69. The summed E-state index contributed by atoms with van der Waals surface area (Å²) in [6, 6.07) is 1.56. The third kappa shape index (κ3) is 3.69. The number of unbranched alkanes of at least 4 members (excludes halogenated alkanes) is 2. The molecule has 0 aromatic rings. The summed E-state index contributed by atoms with van der Waals surface area (Å²) in [5.74, 6) is 1.78. The normalized spacial score (nSPS) is 31.1. The number of hydrogen-bond acceptors (Lipinski definition) is 2. The van der Waals surface area contributed by atoms with Crippen LogP contribution in [0.4, 0.5) is 0 Å². The highest BCUT2D eigenvalue weighted by Crippen LogP contribution is 2.34. The maximum absolute atomic E-state index is 3.79. The van der Waals surface area contributed by atoms with Gasteiger partial charge in [-0.25, -0.2) is 0 Å². The molecule has 1 N–H and O–H groups in total. The van der Waals surface area contributed by atoms with E-state index >= 15 is 0 Å². The summed E-state index contributed by atoms with van der Waals surface area (Å²) in [5.41, 5.74) is 0. The molecule has 0 bridgehead atoms. The van der Waals surface area contributed by atoms with Gasteiger partial charge < -0.3 is 5.32 Å². The van der Waals surface area contributed by atoms with Crippen LogP contribution in [0.1, 0.15) is 52.9 Å². The van der Waals surface area contributed by atoms with Crippen molar-refractivity contribution >= 4 is 0 Å². The van der Waals surface area contributed by atoms with Crippen molar-refractivity contribution in [1.29, 1.82) is 0 Å². The van der Waals surface area contributed by atoms with Crippen molar-refractivity contribution in [2.75, 3.05) is 19.6 Å². The Labute approximate surface area is 107 Å². The first kappa shape index (κ1) is 13.4. The van der Waals surface area contributed by atoms with Crippen LogP contribution in [0.15, 0.2) is 0 Å². The number of rotatable bonds is 6. The Kier molecular flexibility index (Phi) is 4.87. The van der Waals surface area contributed by atoms with Gasteiger partial charge >= 0.3 is 0 Å². The van der Waals surface area contributed by atoms with E-state index in [0.717, 1.165) is 23.9 Å². The summed E-state index contributed by atoms with van der Waals surface area (Å²) in [5, 5.41) is 3.79. The molecule has 100 valence electrons. The van der Waals surface area contributed by atoms with E-state index in [2.05, 4.69) is 31.0 Å². The van der Waals surface area contributed by atoms with Gasteiger partial charge in [-0.05, 0) is 37.6 Å². The molecule has 0 radical (unpaired) electrons. The minimum absolute atomic E-state index is 0.766. The van der Waals surface area contributed by atoms with E-state index in [0.29, 0.717) is 0 Å². The van der Waals surface area contributed by atoms with Crippen molar-refractivity contribution in [2.45, 2.75) is 65.0 Å². The van der Waals surface area contributed by atoms with Gasteiger partial charge in [0.25, 0.3) is 0 Å². The second-order valence-corrected chi connectivity index (χ2v) is 6.37. The summed E-state index contributed by atoms with van der Waals surface area (Å²) in [7, 11) is 0. The lowest BCUT2D eigenvalue weighted by molar-refractivity contribution is 0.0905. The largest absolute Gasteiger partial charge is 0.311 e. The first-order valence-electron chi connectivity index (χ1n) is 7.69. The lowest BCUT2D eigenvalue weighted by atomic mass is 9.96. The van der Waals surface area contributed by atoms with E-state index in [1.807, 2.05) is 0 Å². The molecule has 2 fully saturated rings. The zero-order valence-electron chi connectivity index (χ0n) is 11.9. The fraction of sp³-hybridized carbons (Fsp3) is 1.00. The SMILES string of the molecule is CCCCCN1CC(C2CC2)NCC1C(C)C. The molecular formula is C15H30N2. The molecule has 0 spiro atoms. The summed E-state index contributed by atoms with van der Waals surface area (Å²) in [6.07, 6.45) is 7.05. The minimum atomic E-state index is 0.766. The lowest BCUT2D eigenvalue weighted by Crippen LogP contribution is -2.59. The Morgan fingerprint density at radius 1 is 1.24 bits per heavy atom. The van der Waals surface area contributed by atoms with Crippen molar-refractivity contribution in [1.82, 2.24) is 10.2 Å². The molecule has 0 aromatic heterocycles. The molecule has 1 saturated carbocycles. The van der Waals surface area contributed by atoms with E-state index in [4.69, 9.17) is 0 Å². The average molecular weight is 238 g/mol.